The monoisotopic (exact) mass is 401 g/mol. The number of likely N-dealkylation sites (tertiary alicyclic amines) is 1. The summed E-state index contributed by atoms with van der Waals surface area (Å²) in [4.78, 5) is 14.7. The topological polar surface area (TPSA) is 92.5 Å². The van der Waals surface area contributed by atoms with Crippen LogP contribution >= 0.6 is 12.4 Å². The van der Waals surface area contributed by atoms with E-state index in [1.165, 1.54) is 12.1 Å². The Labute approximate surface area is 162 Å². The molecule has 1 heterocycles. The van der Waals surface area contributed by atoms with Gasteiger partial charge in [0.15, 0.2) is 0 Å². The average Bonchev–Trinajstić information content (AvgIpc) is 3.44. The van der Waals surface area contributed by atoms with Gasteiger partial charge in [0.25, 0.3) is 5.91 Å². The smallest absolute Gasteiger partial charge is 0.253 e. The maximum absolute atomic E-state index is 12.8. The van der Waals surface area contributed by atoms with E-state index in [1.54, 1.807) is 17.0 Å². The molecule has 6 nitrogen and oxygen atoms in total. The number of nitrogens with two attached hydrogens (primary N) is 1. The first kappa shape index (κ1) is 21.2. The molecule has 1 amide bonds. The van der Waals surface area contributed by atoms with Crippen molar-refractivity contribution >= 4 is 28.3 Å². The fourth-order valence-corrected chi connectivity index (χ4v) is 4.40. The molecular weight excluding hydrogens is 374 g/mol. The SMILES string of the molecule is CC(N)C1CCCN(C(=O)c2cccc(S(=O)(=O)NCC3CC3)c2)C1.Cl. The molecule has 146 valence electrons. The van der Waals surface area contributed by atoms with Gasteiger partial charge in [-0.2, -0.15) is 0 Å². The van der Waals surface area contributed by atoms with Crippen LogP contribution in [0.1, 0.15) is 43.0 Å². The van der Waals surface area contributed by atoms with E-state index >= 15 is 0 Å². The van der Waals surface area contributed by atoms with E-state index in [2.05, 4.69) is 4.72 Å². The van der Waals surface area contributed by atoms with Crippen LogP contribution in [0.25, 0.3) is 0 Å². The quantitative estimate of drug-likeness (QED) is 0.762. The summed E-state index contributed by atoms with van der Waals surface area (Å²) in [6.45, 7) is 3.77. The maximum Gasteiger partial charge on any atom is 0.253 e. The van der Waals surface area contributed by atoms with Gasteiger partial charge in [0.2, 0.25) is 10.0 Å². The highest BCUT2D eigenvalue weighted by Crippen LogP contribution is 2.28. The zero-order valence-electron chi connectivity index (χ0n) is 15.1. The molecule has 1 saturated heterocycles. The first-order valence-electron chi connectivity index (χ1n) is 9.01. The van der Waals surface area contributed by atoms with Crippen LogP contribution in [-0.2, 0) is 10.0 Å². The summed E-state index contributed by atoms with van der Waals surface area (Å²) in [5.41, 5.74) is 6.40. The van der Waals surface area contributed by atoms with Crippen molar-refractivity contribution in [2.75, 3.05) is 19.6 Å². The zero-order chi connectivity index (χ0) is 18.0. The Bertz CT molecular complexity index is 735. The molecule has 3 N–H and O–H groups in total. The third-order valence-electron chi connectivity index (χ3n) is 5.14. The molecule has 1 aliphatic heterocycles. The Kier molecular flexibility index (Phi) is 7.07. The molecule has 2 atom stereocenters. The lowest BCUT2D eigenvalue weighted by atomic mass is 9.92. The number of amides is 1. The Morgan fingerprint density at radius 1 is 1.35 bits per heavy atom. The maximum atomic E-state index is 12.8. The molecule has 8 heteroatoms. The lowest BCUT2D eigenvalue weighted by molar-refractivity contribution is 0.0660. The van der Waals surface area contributed by atoms with E-state index in [-0.39, 0.29) is 29.3 Å². The normalized spacial score (nSPS) is 21.8. The number of hydrogen-bond donors (Lipinski definition) is 2. The molecule has 2 fully saturated rings. The number of benzene rings is 1. The molecule has 2 aliphatic rings. The first-order chi connectivity index (χ1) is 11.9. The highest BCUT2D eigenvalue weighted by atomic mass is 35.5. The third-order valence-corrected chi connectivity index (χ3v) is 6.56. The van der Waals surface area contributed by atoms with Gasteiger partial charge in [-0.25, -0.2) is 13.1 Å². The zero-order valence-corrected chi connectivity index (χ0v) is 16.7. The third kappa shape index (κ3) is 5.19. The fourth-order valence-electron chi connectivity index (χ4n) is 3.24. The fraction of sp³-hybridized carbons (Fsp3) is 0.611. The summed E-state index contributed by atoms with van der Waals surface area (Å²) in [5.74, 6) is 0.637. The van der Waals surface area contributed by atoms with Gasteiger partial charge in [-0.3, -0.25) is 4.79 Å². The van der Waals surface area contributed by atoms with Gasteiger partial charge < -0.3 is 10.6 Å². The molecule has 0 radical (unpaired) electrons. The molecule has 1 aromatic rings. The van der Waals surface area contributed by atoms with Crippen LogP contribution in [0.4, 0.5) is 0 Å². The number of piperidine rings is 1. The molecular formula is C18H28ClN3O3S. The molecule has 3 rings (SSSR count). The van der Waals surface area contributed by atoms with Gasteiger partial charge in [-0.15, -0.1) is 12.4 Å². The van der Waals surface area contributed by atoms with E-state index in [0.29, 0.717) is 37.0 Å². The molecule has 2 unspecified atom stereocenters. The number of nitrogens with zero attached hydrogens (tertiary/aromatic N) is 1. The van der Waals surface area contributed by atoms with Crippen LogP contribution in [0.2, 0.25) is 0 Å². The van der Waals surface area contributed by atoms with Crippen molar-refractivity contribution in [3.63, 3.8) is 0 Å². The predicted molar refractivity (Wildman–Crippen MR) is 104 cm³/mol. The predicted octanol–water partition coefficient (Wildman–Crippen LogP) is 2.00. The van der Waals surface area contributed by atoms with Crippen LogP contribution in [0.3, 0.4) is 0 Å². The molecule has 1 aliphatic carbocycles. The van der Waals surface area contributed by atoms with Crippen LogP contribution in [0.5, 0.6) is 0 Å². The van der Waals surface area contributed by atoms with E-state index < -0.39 is 10.0 Å². The van der Waals surface area contributed by atoms with Crippen molar-refractivity contribution in [1.82, 2.24) is 9.62 Å². The summed E-state index contributed by atoms with van der Waals surface area (Å²) >= 11 is 0. The van der Waals surface area contributed by atoms with Crippen molar-refractivity contribution in [2.45, 2.75) is 43.5 Å². The molecule has 0 bridgehead atoms. The van der Waals surface area contributed by atoms with Crippen LogP contribution in [-0.4, -0.2) is 44.9 Å². The van der Waals surface area contributed by atoms with Crippen molar-refractivity contribution < 1.29 is 13.2 Å². The molecule has 1 aromatic carbocycles. The largest absolute Gasteiger partial charge is 0.338 e. The summed E-state index contributed by atoms with van der Waals surface area (Å²) in [6.07, 6.45) is 4.12. The number of carbonyl (C=O) groups excluding carboxylic acids is 1. The number of sulfonamides is 1. The summed E-state index contributed by atoms with van der Waals surface area (Å²) in [6, 6.07) is 6.37. The highest BCUT2D eigenvalue weighted by Gasteiger charge is 2.28. The standard InChI is InChI=1S/C18H27N3O3S.ClH/c1-13(19)16-5-3-9-21(12-16)18(22)15-4-2-6-17(10-15)25(23,24)20-11-14-7-8-14;/h2,4,6,10,13-14,16,20H,3,5,7-9,11-12,19H2,1H3;1H. The lowest BCUT2D eigenvalue weighted by Gasteiger charge is -2.34. The number of halogens is 1. The van der Waals surface area contributed by atoms with E-state index in [4.69, 9.17) is 5.73 Å². The number of hydrogen-bond acceptors (Lipinski definition) is 4. The van der Waals surface area contributed by atoms with E-state index in [1.807, 2.05) is 6.92 Å². The summed E-state index contributed by atoms with van der Waals surface area (Å²) < 4.78 is 27.4. The Morgan fingerprint density at radius 3 is 2.73 bits per heavy atom. The summed E-state index contributed by atoms with van der Waals surface area (Å²) in [7, 11) is -3.57. The second kappa shape index (κ2) is 8.69. The minimum absolute atomic E-state index is 0. The number of carbonyl (C=O) groups is 1. The van der Waals surface area contributed by atoms with Crippen molar-refractivity contribution in [1.29, 1.82) is 0 Å². The number of rotatable bonds is 6. The van der Waals surface area contributed by atoms with Crippen molar-refractivity contribution in [2.24, 2.45) is 17.6 Å². The van der Waals surface area contributed by atoms with Gasteiger partial charge in [0.1, 0.15) is 0 Å². The van der Waals surface area contributed by atoms with Crippen molar-refractivity contribution in [3.8, 4) is 0 Å². The van der Waals surface area contributed by atoms with Gasteiger partial charge in [-0.05, 0) is 62.6 Å². The second-order valence-electron chi connectivity index (χ2n) is 7.34. The van der Waals surface area contributed by atoms with Crippen LogP contribution in [0, 0.1) is 11.8 Å². The minimum atomic E-state index is -3.57. The Morgan fingerprint density at radius 2 is 2.08 bits per heavy atom. The van der Waals surface area contributed by atoms with E-state index in [0.717, 1.165) is 25.7 Å². The van der Waals surface area contributed by atoms with Gasteiger partial charge in [0, 0.05) is 31.2 Å². The Balaban J connectivity index is 0.00000243. The molecule has 0 spiro atoms. The number of nitrogens with one attached hydrogen (secondary N) is 1. The molecule has 26 heavy (non-hydrogen) atoms. The van der Waals surface area contributed by atoms with Crippen LogP contribution < -0.4 is 10.5 Å². The average molecular weight is 402 g/mol. The minimum Gasteiger partial charge on any atom is -0.338 e. The second-order valence-corrected chi connectivity index (χ2v) is 9.10. The van der Waals surface area contributed by atoms with Crippen LogP contribution in [0.15, 0.2) is 29.2 Å². The molecule has 0 aromatic heterocycles. The van der Waals surface area contributed by atoms with Gasteiger partial charge in [0.05, 0.1) is 4.90 Å². The summed E-state index contributed by atoms with van der Waals surface area (Å²) in [5, 5.41) is 0. The van der Waals surface area contributed by atoms with Gasteiger partial charge in [-0.1, -0.05) is 6.07 Å². The molecule has 1 saturated carbocycles. The highest BCUT2D eigenvalue weighted by molar-refractivity contribution is 7.89. The van der Waals surface area contributed by atoms with Crippen molar-refractivity contribution in [3.05, 3.63) is 29.8 Å². The Hall–Kier alpha value is -1.15. The van der Waals surface area contributed by atoms with E-state index in [9.17, 15) is 13.2 Å². The first-order valence-corrected chi connectivity index (χ1v) is 10.5. The van der Waals surface area contributed by atoms with Gasteiger partial charge >= 0.3 is 0 Å². The lowest BCUT2D eigenvalue weighted by Crippen LogP contribution is -2.45.